The molecule has 2 rings (SSSR count). The summed E-state index contributed by atoms with van der Waals surface area (Å²) in [6, 6.07) is 8.50. The standard InChI is InChI=1S/C13H14OS/c1-15-9-10-3-2-4-11(7-10)12-5-6-13(14)8-12/h2-4,7-8H,5-6,9H2,1H3. The lowest BCUT2D eigenvalue weighted by molar-refractivity contribution is -0.114. The van der Waals surface area contributed by atoms with Crippen molar-refractivity contribution in [1.29, 1.82) is 0 Å². The molecule has 0 saturated heterocycles. The monoisotopic (exact) mass is 218 g/mol. The summed E-state index contributed by atoms with van der Waals surface area (Å²) in [5, 5.41) is 0. The Kier molecular flexibility index (Phi) is 3.27. The minimum absolute atomic E-state index is 0.264. The molecule has 2 heteroatoms. The maximum absolute atomic E-state index is 11.2. The average molecular weight is 218 g/mol. The number of ketones is 1. The van der Waals surface area contributed by atoms with Gasteiger partial charge in [-0.25, -0.2) is 0 Å². The Morgan fingerprint density at radius 3 is 2.87 bits per heavy atom. The molecule has 1 aromatic carbocycles. The molecule has 1 aromatic rings. The molecule has 1 nitrogen and oxygen atoms in total. The smallest absolute Gasteiger partial charge is 0.156 e. The molecule has 15 heavy (non-hydrogen) atoms. The second-order valence-corrected chi connectivity index (χ2v) is 4.64. The summed E-state index contributed by atoms with van der Waals surface area (Å²) >= 11 is 1.82. The molecule has 1 aliphatic rings. The van der Waals surface area contributed by atoms with Crippen LogP contribution in [0.3, 0.4) is 0 Å². The fourth-order valence-electron chi connectivity index (χ4n) is 1.85. The third-order valence-electron chi connectivity index (χ3n) is 2.58. The molecular formula is C13H14OS. The molecule has 0 aromatic heterocycles. The van der Waals surface area contributed by atoms with Crippen molar-refractivity contribution in [3.63, 3.8) is 0 Å². The van der Waals surface area contributed by atoms with Crippen LogP contribution in [0.5, 0.6) is 0 Å². The van der Waals surface area contributed by atoms with Gasteiger partial charge in [0.15, 0.2) is 5.78 Å². The lowest BCUT2D eigenvalue weighted by Crippen LogP contribution is -1.84. The highest BCUT2D eigenvalue weighted by atomic mass is 32.2. The largest absolute Gasteiger partial charge is 0.295 e. The van der Waals surface area contributed by atoms with Gasteiger partial charge in [0.2, 0.25) is 0 Å². The fourth-order valence-corrected chi connectivity index (χ4v) is 2.36. The van der Waals surface area contributed by atoms with Gasteiger partial charge in [0.05, 0.1) is 0 Å². The molecule has 0 amide bonds. The van der Waals surface area contributed by atoms with Crippen LogP contribution in [0.25, 0.3) is 5.57 Å². The molecule has 0 radical (unpaired) electrons. The van der Waals surface area contributed by atoms with Crippen molar-refractivity contribution in [2.75, 3.05) is 6.26 Å². The van der Waals surface area contributed by atoms with Crippen molar-refractivity contribution in [1.82, 2.24) is 0 Å². The first-order chi connectivity index (χ1) is 7.29. The molecule has 0 unspecified atom stereocenters. The number of benzene rings is 1. The molecule has 0 heterocycles. The van der Waals surface area contributed by atoms with E-state index in [1.807, 2.05) is 11.8 Å². The predicted octanol–water partition coefficient (Wildman–Crippen LogP) is 3.30. The van der Waals surface area contributed by atoms with Crippen LogP contribution in [0.4, 0.5) is 0 Å². The van der Waals surface area contributed by atoms with E-state index in [1.165, 1.54) is 16.7 Å². The average Bonchev–Trinajstić information content (AvgIpc) is 2.66. The molecule has 0 saturated carbocycles. The molecule has 0 fully saturated rings. The van der Waals surface area contributed by atoms with Crippen molar-refractivity contribution in [3.05, 3.63) is 41.5 Å². The van der Waals surface area contributed by atoms with Crippen molar-refractivity contribution >= 4 is 23.1 Å². The quantitative estimate of drug-likeness (QED) is 0.774. The molecule has 0 bridgehead atoms. The van der Waals surface area contributed by atoms with Gasteiger partial charge in [0.1, 0.15) is 0 Å². The SMILES string of the molecule is CSCc1cccc(C2=CC(=O)CC2)c1. The summed E-state index contributed by atoms with van der Waals surface area (Å²) in [5.74, 6) is 1.30. The van der Waals surface area contributed by atoms with E-state index in [4.69, 9.17) is 0 Å². The zero-order chi connectivity index (χ0) is 10.7. The fraction of sp³-hybridized carbons (Fsp3) is 0.308. The highest BCUT2D eigenvalue weighted by Crippen LogP contribution is 2.26. The molecule has 78 valence electrons. The maximum Gasteiger partial charge on any atom is 0.156 e. The van der Waals surface area contributed by atoms with E-state index >= 15 is 0 Å². The highest BCUT2D eigenvalue weighted by molar-refractivity contribution is 7.97. The zero-order valence-corrected chi connectivity index (χ0v) is 9.64. The third-order valence-corrected chi connectivity index (χ3v) is 3.21. The van der Waals surface area contributed by atoms with Gasteiger partial charge in [-0.1, -0.05) is 24.3 Å². The number of carbonyl (C=O) groups is 1. The number of thioether (sulfide) groups is 1. The summed E-state index contributed by atoms with van der Waals surface area (Å²) in [6.07, 6.45) is 5.48. The van der Waals surface area contributed by atoms with Crippen molar-refractivity contribution in [2.24, 2.45) is 0 Å². The number of allylic oxidation sites excluding steroid dienone is 2. The molecule has 0 aliphatic heterocycles. The van der Waals surface area contributed by atoms with Crippen molar-refractivity contribution in [2.45, 2.75) is 18.6 Å². The third kappa shape index (κ3) is 2.51. The molecule has 0 spiro atoms. The second kappa shape index (κ2) is 4.67. The Balaban J connectivity index is 2.25. The lowest BCUT2D eigenvalue weighted by Gasteiger charge is -2.04. The van der Waals surface area contributed by atoms with Crippen LogP contribution in [-0.4, -0.2) is 12.0 Å². The van der Waals surface area contributed by atoms with Crippen molar-refractivity contribution < 1.29 is 4.79 Å². The number of hydrogen-bond donors (Lipinski definition) is 0. The first-order valence-electron chi connectivity index (χ1n) is 5.11. The van der Waals surface area contributed by atoms with Gasteiger partial charge < -0.3 is 0 Å². The maximum atomic E-state index is 11.2. The minimum Gasteiger partial charge on any atom is -0.295 e. The molecule has 0 N–H and O–H groups in total. The Bertz CT molecular complexity index is 407. The highest BCUT2D eigenvalue weighted by Gasteiger charge is 2.13. The van der Waals surface area contributed by atoms with Gasteiger partial charge in [-0.2, -0.15) is 11.8 Å². The minimum atomic E-state index is 0.264. The van der Waals surface area contributed by atoms with Gasteiger partial charge in [0.25, 0.3) is 0 Å². The van der Waals surface area contributed by atoms with Crippen LogP contribution in [0, 0.1) is 0 Å². The normalized spacial score (nSPS) is 15.5. The second-order valence-electron chi connectivity index (χ2n) is 3.77. The van der Waals surface area contributed by atoms with E-state index < -0.39 is 0 Å². The molecule has 1 aliphatic carbocycles. The van der Waals surface area contributed by atoms with E-state index in [9.17, 15) is 4.79 Å². The van der Waals surface area contributed by atoms with Gasteiger partial charge in [-0.15, -0.1) is 0 Å². The van der Waals surface area contributed by atoms with Gasteiger partial charge >= 0.3 is 0 Å². The van der Waals surface area contributed by atoms with Crippen LogP contribution >= 0.6 is 11.8 Å². The van der Waals surface area contributed by atoms with E-state index in [-0.39, 0.29) is 5.78 Å². The van der Waals surface area contributed by atoms with Gasteiger partial charge in [0, 0.05) is 12.2 Å². The van der Waals surface area contributed by atoms with Gasteiger partial charge in [-0.3, -0.25) is 4.79 Å². The molecular weight excluding hydrogens is 204 g/mol. The van der Waals surface area contributed by atoms with Crippen LogP contribution in [0.2, 0.25) is 0 Å². The predicted molar refractivity (Wildman–Crippen MR) is 65.9 cm³/mol. The summed E-state index contributed by atoms with van der Waals surface area (Å²) in [7, 11) is 0. The number of hydrogen-bond acceptors (Lipinski definition) is 2. The number of rotatable bonds is 3. The van der Waals surface area contributed by atoms with E-state index in [2.05, 4.69) is 30.5 Å². The topological polar surface area (TPSA) is 17.1 Å². The summed E-state index contributed by atoms with van der Waals surface area (Å²) in [5.41, 5.74) is 3.75. The van der Waals surface area contributed by atoms with Crippen LogP contribution < -0.4 is 0 Å². The lowest BCUT2D eigenvalue weighted by atomic mass is 10.0. The van der Waals surface area contributed by atoms with E-state index in [0.717, 1.165) is 12.2 Å². The van der Waals surface area contributed by atoms with E-state index in [0.29, 0.717) is 6.42 Å². The van der Waals surface area contributed by atoms with Crippen molar-refractivity contribution in [3.8, 4) is 0 Å². The Labute approximate surface area is 94.6 Å². The first-order valence-corrected chi connectivity index (χ1v) is 6.50. The Hall–Kier alpha value is -1.02. The number of carbonyl (C=O) groups excluding carboxylic acids is 1. The van der Waals surface area contributed by atoms with Crippen LogP contribution in [-0.2, 0) is 10.5 Å². The zero-order valence-electron chi connectivity index (χ0n) is 8.82. The van der Waals surface area contributed by atoms with Crippen LogP contribution in [0.1, 0.15) is 24.0 Å². The molecule has 0 atom stereocenters. The summed E-state index contributed by atoms with van der Waals surface area (Å²) < 4.78 is 0. The van der Waals surface area contributed by atoms with E-state index in [1.54, 1.807) is 6.08 Å². The Morgan fingerprint density at radius 2 is 2.20 bits per heavy atom. The van der Waals surface area contributed by atoms with Crippen LogP contribution in [0.15, 0.2) is 30.3 Å². The summed E-state index contributed by atoms with van der Waals surface area (Å²) in [4.78, 5) is 11.2. The summed E-state index contributed by atoms with van der Waals surface area (Å²) in [6.45, 7) is 0. The Morgan fingerprint density at radius 1 is 1.33 bits per heavy atom. The first kappa shape index (κ1) is 10.5. The van der Waals surface area contributed by atoms with Gasteiger partial charge in [-0.05, 0) is 35.5 Å².